The van der Waals surface area contributed by atoms with Crippen LogP contribution in [0.5, 0.6) is 5.75 Å². The molecule has 0 atom stereocenters. The molecule has 1 heterocycles. The van der Waals surface area contributed by atoms with Gasteiger partial charge in [0.25, 0.3) is 0 Å². The Morgan fingerprint density at radius 2 is 1.88 bits per heavy atom. The van der Waals surface area contributed by atoms with Gasteiger partial charge in [0.1, 0.15) is 11.4 Å². The highest BCUT2D eigenvalue weighted by Crippen LogP contribution is 2.27. The van der Waals surface area contributed by atoms with Gasteiger partial charge in [-0.15, -0.1) is 0 Å². The molecule has 0 spiro atoms. The molecule has 0 unspecified atom stereocenters. The van der Waals surface area contributed by atoms with Crippen LogP contribution in [0.15, 0.2) is 64.0 Å². The van der Waals surface area contributed by atoms with E-state index in [2.05, 4.69) is 9.88 Å². The lowest BCUT2D eigenvalue weighted by Gasteiger charge is -2.06. The fourth-order valence-electron chi connectivity index (χ4n) is 2.20. The van der Waals surface area contributed by atoms with Crippen LogP contribution in [0.3, 0.4) is 0 Å². The number of methoxy groups -OCH3 is 1. The van der Waals surface area contributed by atoms with Crippen molar-refractivity contribution in [2.75, 3.05) is 7.11 Å². The number of aromatic nitrogens is 1. The first-order chi connectivity index (χ1) is 12.0. The minimum atomic E-state index is -3.67. The van der Waals surface area contributed by atoms with E-state index >= 15 is 0 Å². The van der Waals surface area contributed by atoms with E-state index in [1.165, 1.54) is 19.2 Å². The van der Waals surface area contributed by atoms with Gasteiger partial charge in [0, 0.05) is 11.6 Å². The molecular weight excluding hydrogens is 364 g/mol. The van der Waals surface area contributed by atoms with Gasteiger partial charge in [0.05, 0.1) is 23.6 Å². The van der Waals surface area contributed by atoms with Crippen LogP contribution >= 0.6 is 11.6 Å². The second-order valence-electron chi connectivity index (χ2n) is 5.16. The first-order valence-electron chi connectivity index (χ1n) is 7.34. The van der Waals surface area contributed by atoms with Crippen molar-refractivity contribution < 1.29 is 17.7 Å². The summed E-state index contributed by atoms with van der Waals surface area (Å²) in [5, 5.41) is 4.48. The fraction of sp³-hybridized carbons (Fsp3) is 0.118. The Balaban J connectivity index is 1.72. The van der Waals surface area contributed by atoms with Crippen LogP contribution in [0.4, 0.5) is 0 Å². The van der Waals surface area contributed by atoms with Crippen molar-refractivity contribution in [2.24, 2.45) is 0 Å². The minimum Gasteiger partial charge on any atom is -0.497 e. The molecule has 130 valence electrons. The summed E-state index contributed by atoms with van der Waals surface area (Å²) in [6, 6.07) is 15.0. The highest BCUT2D eigenvalue weighted by atomic mass is 35.5. The zero-order chi connectivity index (χ0) is 17.9. The third kappa shape index (κ3) is 4.01. The predicted octanol–water partition coefficient (Wildman–Crippen LogP) is 3.48. The normalized spacial score (nSPS) is 11.4. The average molecular weight is 379 g/mol. The fourth-order valence-corrected chi connectivity index (χ4v) is 3.42. The standard InChI is InChI=1S/C17H15ClN2O4S/c1-23-12-6-8-14(9-7-12)25(21,22)19-11-13-10-17(20-24-13)15-4-2-3-5-16(15)18/h2-10,19H,11H2,1H3. The molecule has 3 rings (SSSR count). The highest BCUT2D eigenvalue weighted by molar-refractivity contribution is 7.89. The summed E-state index contributed by atoms with van der Waals surface area (Å²) in [5.74, 6) is 0.963. The molecule has 0 aliphatic heterocycles. The summed E-state index contributed by atoms with van der Waals surface area (Å²) in [6.07, 6.45) is 0. The summed E-state index contributed by atoms with van der Waals surface area (Å²) >= 11 is 6.12. The Morgan fingerprint density at radius 1 is 1.16 bits per heavy atom. The van der Waals surface area contributed by atoms with Crippen LogP contribution in [0.25, 0.3) is 11.3 Å². The van der Waals surface area contributed by atoms with Crippen molar-refractivity contribution in [2.45, 2.75) is 11.4 Å². The van der Waals surface area contributed by atoms with E-state index in [1.54, 1.807) is 24.3 Å². The first-order valence-corrected chi connectivity index (χ1v) is 9.20. The van der Waals surface area contributed by atoms with E-state index < -0.39 is 10.0 Å². The molecule has 1 N–H and O–H groups in total. The number of benzene rings is 2. The average Bonchev–Trinajstić information content (AvgIpc) is 3.09. The zero-order valence-corrected chi connectivity index (χ0v) is 14.8. The molecular formula is C17H15ClN2O4S. The van der Waals surface area contributed by atoms with Gasteiger partial charge in [-0.25, -0.2) is 13.1 Å². The molecule has 0 radical (unpaired) electrons. The van der Waals surface area contributed by atoms with E-state index in [0.29, 0.717) is 22.2 Å². The van der Waals surface area contributed by atoms with Gasteiger partial charge in [0.2, 0.25) is 10.0 Å². The molecule has 3 aromatic rings. The molecule has 0 fully saturated rings. The summed E-state index contributed by atoms with van der Waals surface area (Å²) in [7, 11) is -2.15. The van der Waals surface area contributed by atoms with Gasteiger partial charge in [-0.05, 0) is 30.3 Å². The monoisotopic (exact) mass is 378 g/mol. The number of rotatable bonds is 6. The van der Waals surface area contributed by atoms with E-state index in [0.717, 1.165) is 5.56 Å². The molecule has 0 aliphatic carbocycles. The third-order valence-corrected chi connectivity index (χ3v) is 5.26. The van der Waals surface area contributed by atoms with Crippen LogP contribution in [0.2, 0.25) is 5.02 Å². The summed E-state index contributed by atoms with van der Waals surface area (Å²) < 4.78 is 37.3. The van der Waals surface area contributed by atoms with Crippen LogP contribution in [0, 0.1) is 0 Å². The van der Waals surface area contributed by atoms with Gasteiger partial charge < -0.3 is 9.26 Å². The minimum absolute atomic E-state index is 0.0220. The SMILES string of the molecule is COc1ccc(S(=O)(=O)NCc2cc(-c3ccccc3Cl)no2)cc1. The van der Waals surface area contributed by atoms with Crippen molar-refractivity contribution in [3.8, 4) is 17.0 Å². The number of sulfonamides is 1. The van der Waals surface area contributed by atoms with Gasteiger partial charge in [-0.3, -0.25) is 0 Å². The largest absolute Gasteiger partial charge is 0.497 e. The Morgan fingerprint density at radius 3 is 2.56 bits per heavy atom. The Kier molecular flexibility index (Phi) is 5.08. The number of ether oxygens (including phenoxy) is 1. The molecule has 0 amide bonds. The van der Waals surface area contributed by atoms with Crippen molar-refractivity contribution >= 4 is 21.6 Å². The number of nitrogens with one attached hydrogen (secondary N) is 1. The van der Waals surface area contributed by atoms with Crippen LogP contribution < -0.4 is 9.46 Å². The first kappa shape index (κ1) is 17.5. The lowest BCUT2D eigenvalue weighted by Crippen LogP contribution is -2.22. The number of halogens is 1. The molecule has 0 saturated heterocycles. The van der Waals surface area contributed by atoms with E-state index in [1.807, 2.05) is 18.2 Å². The van der Waals surface area contributed by atoms with Crippen molar-refractivity contribution in [3.63, 3.8) is 0 Å². The van der Waals surface area contributed by atoms with Gasteiger partial charge in [0.15, 0.2) is 5.76 Å². The molecule has 0 saturated carbocycles. The van der Waals surface area contributed by atoms with Crippen molar-refractivity contribution in [1.29, 1.82) is 0 Å². The molecule has 6 nitrogen and oxygen atoms in total. The smallest absolute Gasteiger partial charge is 0.240 e. The molecule has 1 aromatic heterocycles. The maximum Gasteiger partial charge on any atom is 0.240 e. The number of hydrogen-bond acceptors (Lipinski definition) is 5. The lowest BCUT2D eigenvalue weighted by atomic mass is 10.1. The van der Waals surface area contributed by atoms with Crippen LogP contribution in [0.1, 0.15) is 5.76 Å². The topological polar surface area (TPSA) is 81.4 Å². The zero-order valence-electron chi connectivity index (χ0n) is 13.3. The number of nitrogens with zero attached hydrogens (tertiary/aromatic N) is 1. The van der Waals surface area contributed by atoms with Crippen LogP contribution in [-0.2, 0) is 16.6 Å². The maximum absolute atomic E-state index is 12.3. The van der Waals surface area contributed by atoms with E-state index in [-0.39, 0.29) is 11.4 Å². The molecule has 2 aromatic carbocycles. The Labute approximate surface area is 150 Å². The highest BCUT2D eigenvalue weighted by Gasteiger charge is 2.16. The quantitative estimate of drug-likeness (QED) is 0.710. The lowest BCUT2D eigenvalue weighted by molar-refractivity contribution is 0.382. The molecule has 0 bridgehead atoms. The van der Waals surface area contributed by atoms with Gasteiger partial charge in [-0.2, -0.15) is 0 Å². The maximum atomic E-state index is 12.3. The second kappa shape index (κ2) is 7.26. The molecule has 8 heteroatoms. The molecule has 0 aliphatic rings. The summed E-state index contributed by atoms with van der Waals surface area (Å²) in [6.45, 7) is -0.0220. The van der Waals surface area contributed by atoms with Gasteiger partial charge in [-0.1, -0.05) is 35.0 Å². The summed E-state index contributed by atoms with van der Waals surface area (Å²) in [4.78, 5) is 0.138. The van der Waals surface area contributed by atoms with Crippen molar-refractivity contribution in [3.05, 3.63) is 65.4 Å². The van der Waals surface area contributed by atoms with E-state index in [4.69, 9.17) is 20.9 Å². The Hall–Kier alpha value is -2.35. The predicted molar refractivity (Wildman–Crippen MR) is 94.0 cm³/mol. The third-order valence-electron chi connectivity index (χ3n) is 3.51. The summed E-state index contributed by atoms with van der Waals surface area (Å²) in [5.41, 5.74) is 1.27. The van der Waals surface area contributed by atoms with Crippen LogP contribution in [-0.4, -0.2) is 20.7 Å². The second-order valence-corrected chi connectivity index (χ2v) is 7.33. The van der Waals surface area contributed by atoms with Gasteiger partial charge >= 0.3 is 0 Å². The van der Waals surface area contributed by atoms with Crippen molar-refractivity contribution in [1.82, 2.24) is 9.88 Å². The number of hydrogen-bond donors (Lipinski definition) is 1. The Bertz CT molecular complexity index is 968. The van der Waals surface area contributed by atoms with E-state index in [9.17, 15) is 8.42 Å². The molecule has 25 heavy (non-hydrogen) atoms.